The van der Waals surface area contributed by atoms with E-state index in [4.69, 9.17) is 0 Å². The Hall–Kier alpha value is -1.44. The highest BCUT2D eigenvalue weighted by molar-refractivity contribution is 5.98. The average Bonchev–Trinajstić information content (AvgIpc) is 2.16. The fourth-order valence-electron chi connectivity index (χ4n) is 1.86. The molecule has 0 aromatic heterocycles. The minimum absolute atomic E-state index is 0.00227. The molecule has 0 heterocycles. The van der Waals surface area contributed by atoms with Crippen molar-refractivity contribution in [3.63, 3.8) is 0 Å². The SMILES string of the molecule is C=C(C(C)=O)C1CC=CC(C(C)=O)=C1C. The van der Waals surface area contributed by atoms with E-state index in [1.165, 1.54) is 6.92 Å². The topological polar surface area (TPSA) is 34.1 Å². The molecule has 1 atom stereocenters. The first kappa shape index (κ1) is 11.6. The van der Waals surface area contributed by atoms with E-state index in [-0.39, 0.29) is 17.5 Å². The maximum absolute atomic E-state index is 11.3. The first-order valence-electron chi connectivity index (χ1n) is 5.03. The Labute approximate surface area is 90.4 Å². The summed E-state index contributed by atoms with van der Waals surface area (Å²) in [5.41, 5.74) is 2.27. The van der Waals surface area contributed by atoms with Crippen LogP contribution in [-0.2, 0) is 9.59 Å². The predicted molar refractivity (Wildman–Crippen MR) is 60.4 cm³/mol. The van der Waals surface area contributed by atoms with Crippen LogP contribution in [0.2, 0.25) is 0 Å². The fraction of sp³-hybridized carbons (Fsp3) is 0.385. The van der Waals surface area contributed by atoms with Crippen molar-refractivity contribution in [1.82, 2.24) is 0 Å². The van der Waals surface area contributed by atoms with Gasteiger partial charge in [0.05, 0.1) is 0 Å². The molecule has 0 bridgehead atoms. The highest BCUT2D eigenvalue weighted by Crippen LogP contribution is 2.30. The zero-order chi connectivity index (χ0) is 11.6. The summed E-state index contributed by atoms with van der Waals surface area (Å²) in [5, 5.41) is 0. The number of carbonyl (C=O) groups is 2. The van der Waals surface area contributed by atoms with Gasteiger partial charge in [0.15, 0.2) is 11.6 Å². The van der Waals surface area contributed by atoms with Gasteiger partial charge in [-0.2, -0.15) is 0 Å². The van der Waals surface area contributed by atoms with E-state index in [0.29, 0.717) is 11.1 Å². The predicted octanol–water partition coefficient (Wildman–Crippen LogP) is 2.61. The van der Waals surface area contributed by atoms with E-state index >= 15 is 0 Å². The van der Waals surface area contributed by atoms with E-state index in [9.17, 15) is 9.59 Å². The van der Waals surface area contributed by atoms with Crippen molar-refractivity contribution < 1.29 is 9.59 Å². The molecule has 0 spiro atoms. The number of hydrogen-bond acceptors (Lipinski definition) is 2. The third-order valence-corrected chi connectivity index (χ3v) is 2.86. The van der Waals surface area contributed by atoms with Gasteiger partial charge < -0.3 is 0 Å². The largest absolute Gasteiger partial charge is 0.295 e. The van der Waals surface area contributed by atoms with Crippen molar-refractivity contribution >= 4 is 11.6 Å². The monoisotopic (exact) mass is 204 g/mol. The summed E-state index contributed by atoms with van der Waals surface area (Å²) in [6.45, 7) is 8.75. The molecule has 0 aromatic carbocycles. The van der Waals surface area contributed by atoms with Crippen LogP contribution in [0.1, 0.15) is 27.2 Å². The number of carbonyl (C=O) groups excluding carboxylic acids is 2. The zero-order valence-corrected chi connectivity index (χ0v) is 9.46. The number of Topliss-reactive ketones (excluding diaryl/α,β-unsaturated/α-hetero) is 2. The molecule has 0 saturated carbocycles. The molecule has 1 unspecified atom stereocenters. The lowest BCUT2D eigenvalue weighted by Gasteiger charge is -2.22. The lowest BCUT2D eigenvalue weighted by Crippen LogP contribution is -2.16. The average molecular weight is 204 g/mol. The summed E-state index contributed by atoms with van der Waals surface area (Å²) in [4.78, 5) is 22.6. The normalized spacial score (nSPS) is 20.3. The van der Waals surface area contributed by atoms with Crippen LogP contribution in [0.15, 0.2) is 35.5 Å². The molecule has 1 aliphatic carbocycles. The molecule has 80 valence electrons. The number of hydrogen-bond donors (Lipinski definition) is 0. The molecule has 0 radical (unpaired) electrons. The molecule has 2 nitrogen and oxygen atoms in total. The summed E-state index contributed by atoms with van der Waals surface area (Å²) in [7, 11) is 0. The Balaban J connectivity index is 3.06. The van der Waals surface area contributed by atoms with Crippen LogP contribution in [0.4, 0.5) is 0 Å². The van der Waals surface area contributed by atoms with Gasteiger partial charge in [-0.1, -0.05) is 24.3 Å². The Bertz CT molecular complexity index is 383. The standard InChI is InChI=1S/C13H16O2/c1-8(10(3)14)12-6-5-7-13(9(12)2)11(4)15/h5,7,12H,1,6H2,2-4H3. The maximum Gasteiger partial charge on any atom is 0.159 e. The molecular formula is C13H16O2. The van der Waals surface area contributed by atoms with E-state index in [0.717, 1.165) is 12.0 Å². The summed E-state index contributed by atoms with van der Waals surface area (Å²) < 4.78 is 0. The summed E-state index contributed by atoms with van der Waals surface area (Å²) in [5.74, 6) is 0.0498. The van der Waals surface area contributed by atoms with Gasteiger partial charge in [-0.05, 0) is 32.8 Å². The smallest absolute Gasteiger partial charge is 0.159 e. The quantitative estimate of drug-likeness (QED) is 0.662. The lowest BCUT2D eigenvalue weighted by molar-refractivity contribution is -0.114. The summed E-state index contributed by atoms with van der Waals surface area (Å²) in [6.07, 6.45) is 4.53. The molecule has 0 saturated heterocycles. The Kier molecular flexibility index (Phi) is 3.40. The minimum atomic E-state index is -0.00227. The second kappa shape index (κ2) is 4.39. The molecule has 1 rings (SSSR count). The van der Waals surface area contributed by atoms with Gasteiger partial charge in [-0.15, -0.1) is 0 Å². The van der Waals surface area contributed by atoms with E-state index < -0.39 is 0 Å². The first-order valence-corrected chi connectivity index (χ1v) is 5.03. The van der Waals surface area contributed by atoms with Gasteiger partial charge >= 0.3 is 0 Å². The molecule has 0 aromatic rings. The maximum atomic E-state index is 11.3. The Morgan fingerprint density at radius 2 is 2.00 bits per heavy atom. The Morgan fingerprint density at radius 3 is 2.47 bits per heavy atom. The van der Waals surface area contributed by atoms with E-state index in [1.54, 1.807) is 6.92 Å². The van der Waals surface area contributed by atoms with Crippen molar-refractivity contribution in [3.8, 4) is 0 Å². The van der Waals surface area contributed by atoms with E-state index in [2.05, 4.69) is 6.58 Å². The van der Waals surface area contributed by atoms with Gasteiger partial charge in [0, 0.05) is 11.5 Å². The second-order valence-electron chi connectivity index (χ2n) is 3.92. The molecule has 0 aliphatic heterocycles. The number of rotatable bonds is 3. The number of ketones is 2. The number of allylic oxidation sites excluding steroid dienone is 5. The molecule has 0 fully saturated rings. The molecule has 2 heteroatoms. The highest BCUT2D eigenvalue weighted by Gasteiger charge is 2.22. The van der Waals surface area contributed by atoms with Gasteiger partial charge in [-0.25, -0.2) is 0 Å². The van der Waals surface area contributed by atoms with Gasteiger partial charge in [0.2, 0.25) is 0 Å². The van der Waals surface area contributed by atoms with Gasteiger partial charge in [0.25, 0.3) is 0 Å². The molecule has 15 heavy (non-hydrogen) atoms. The molecule has 0 amide bonds. The highest BCUT2D eigenvalue weighted by atomic mass is 16.1. The summed E-state index contributed by atoms with van der Waals surface area (Å²) in [6, 6.07) is 0. The molecular weight excluding hydrogens is 188 g/mol. The third-order valence-electron chi connectivity index (χ3n) is 2.86. The van der Waals surface area contributed by atoms with Crippen molar-refractivity contribution in [1.29, 1.82) is 0 Å². The van der Waals surface area contributed by atoms with Crippen LogP contribution >= 0.6 is 0 Å². The molecule has 1 aliphatic rings. The molecule has 0 N–H and O–H groups in total. The van der Waals surface area contributed by atoms with Crippen LogP contribution in [0.5, 0.6) is 0 Å². The van der Waals surface area contributed by atoms with Crippen LogP contribution in [0.3, 0.4) is 0 Å². The van der Waals surface area contributed by atoms with Crippen molar-refractivity contribution in [2.24, 2.45) is 5.92 Å². The van der Waals surface area contributed by atoms with Gasteiger partial charge in [0.1, 0.15) is 0 Å². The lowest BCUT2D eigenvalue weighted by atomic mass is 9.81. The van der Waals surface area contributed by atoms with Crippen molar-refractivity contribution in [2.45, 2.75) is 27.2 Å². The van der Waals surface area contributed by atoms with Gasteiger partial charge in [-0.3, -0.25) is 9.59 Å². The second-order valence-corrected chi connectivity index (χ2v) is 3.92. The van der Waals surface area contributed by atoms with Crippen LogP contribution < -0.4 is 0 Å². The zero-order valence-electron chi connectivity index (χ0n) is 9.46. The Morgan fingerprint density at radius 1 is 1.40 bits per heavy atom. The van der Waals surface area contributed by atoms with Crippen LogP contribution in [0, 0.1) is 5.92 Å². The minimum Gasteiger partial charge on any atom is -0.295 e. The fourth-order valence-corrected chi connectivity index (χ4v) is 1.86. The summed E-state index contributed by atoms with van der Waals surface area (Å²) >= 11 is 0. The van der Waals surface area contributed by atoms with E-state index in [1.807, 2.05) is 19.1 Å². The van der Waals surface area contributed by atoms with Crippen LogP contribution in [0.25, 0.3) is 0 Å². The van der Waals surface area contributed by atoms with Crippen LogP contribution in [-0.4, -0.2) is 11.6 Å². The van der Waals surface area contributed by atoms with Crippen molar-refractivity contribution in [2.75, 3.05) is 0 Å². The third kappa shape index (κ3) is 2.32. The van der Waals surface area contributed by atoms with Crippen molar-refractivity contribution in [3.05, 3.63) is 35.5 Å². The first-order chi connectivity index (χ1) is 6.95.